The summed E-state index contributed by atoms with van der Waals surface area (Å²) in [6.45, 7) is 11.5. The largest absolute Gasteiger partial charge is 0.371 e. The van der Waals surface area contributed by atoms with E-state index in [1.54, 1.807) is 0 Å². The van der Waals surface area contributed by atoms with Gasteiger partial charge in [-0.1, -0.05) is 24.3 Å². The molecule has 1 aliphatic heterocycles. The highest BCUT2D eigenvalue weighted by atomic mass is 16.5. The summed E-state index contributed by atoms with van der Waals surface area (Å²) < 4.78 is 5.80. The first-order valence-electron chi connectivity index (χ1n) is 9.38. The van der Waals surface area contributed by atoms with Crippen LogP contribution in [0, 0.1) is 0 Å². The Balaban J connectivity index is 1.63. The van der Waals surface area contributed by atoms with Crippen molar-refractivity contribution in [2.45, 2.75) is 58.8 Å². The summed E-state index contributed by atoms with van der Waals surface area (Å²) in [5.74, 6) is 0. The first kappa shape index (κ1) is 19.7. The predicted molar refractivity (Wildman–Crippen MR) is 102 cm³/mol. The molecule has 2 N–H and O–H groups in total. The number of hydrogen-bond acceptors (Lipinski definition) is 3. The molecule has 140 valence electrons. The maximum atomic E-state index is 11.9. The molecule has 1 aromatic carbocycles. The van der Waals surface area contributed by atoms with Crippen molar-refractivity contribution < 1.29 is 9.53 Å². The Morgan fingerprint density at radius 1 is 1.16 bits per heavy atom. The Morgan fingerprint density at radius 3 is 2.60 bits per heavy atom. The number of carbonyl (C=O) groups excluding carboxylic acids is 1. The molecule has 0 saturated carbocycles. The second-order valence-electron chi connectivity index (χ2n) is 7.73. The first-order valence-corrected chi connectivity index (χ1v) is 9.38. The Bertz CT molecular complexity index is 534. The lowest BCUT2D eigenvalue weighted by molar-refractivity contribution is -0.0149. The third-order valence-electron chi connectivity index (χ3n) is 4.25. The molecular weight excluding hydrogens is 314 g/mol. The van der Waals surface area contributed by atoms with Crippen molar-refractivity contribution in [1.82, 2.24) is 15.5 Å². The van der Waals surface area contributed by atoms with Gasteiger partial charge in [-0.15, -0.1) is 0 Å². The highest BCUT2D eigenvalue weighted by Crippen LogP contribution is 2.13. The predicted octanol–water partition coefficient (Wildman–Crippen LogP) is 3.29. The number of nitrogens with one attached hydrogen (secondary N) is 2. The van der Waals surface area contributed by atoms with Crippen LogP contribution in [-0.4, -0.2) is 42.7 Å². The number of likely N-dealkylation sites (tertiary alicyclic amines) is 1. The standard InChI is InChI=1S/C20H33N3O2/c1-20(2,3)25-16-18-9-6-8-17(14-18)15-22-19(24)21-10-7-13-23-11-4-5-12-23/h6,8-9,14H,4-5,7,10-13,15-16H2,1-3H3,(H2,21,22,24). The summed E-state index contributed by atoms with van der Waals surface area (Å²) in [6.07, 6.45) is 3.63. The topological polar surface area (TPSA) is 53.6 Å². The van der Waals surface area contributed by atoms with E-state index in [0.29, 0.717) is 13.2 Å². The molecule has 1 saturated heterocycles. The number of benzene rings is 1. The maximum Gasteiger partial charge on any atom is 0.315 e. The minimum atomic E-state index is -0.150. The first-order chi connectivity index (χ1) is 11.9. The van der Waals surface area contributed by atoms with E-state index in [4.69, 9.17) is 4.74 Å². The molecule has 0 aliphatic carbocycles. The fourth-order valence-corrected chi connectivity index (χ4v) is 2.88. The zero-order chi connectivity index (χ0) is 18.1. The lowest BCUT2D eigenvalue weighted by Gasteiger charge is -2.19. The second-order valence-corrected chi connectivity index (χ2v) is 7.73. The summed E-state index contributed by atoms with van der Waals surface area (Å²) >= 11 is 0. The molecule has 0 unspecified atom stereocenters. The van der Waals surface area contributed by atoms with Crippen LogP contribution in [0.2, 0.25) is 0 Å². The molecule has 0 radical (unpaired) electrons. The van der Waals surface area contributed by atoms with Crippen LogP contribution in [0.15, 0.2) is 24.3 Å². The monoisotopic (exact) mass is 347 g/mol. The van der Waals surface area contributed by atoms with Crippen LogP contribution in [0.25, 0.3) is 0 Å². The Morgan fingerprint density at radius 2 is 1.88 bits per heavy atom. The lowest BCUT2D eigenvalue weighted by Crippen LogP contribution is -2.36. The van der Waals surface area contributed by atoms with E-state index in [-0.39, 0.29) is 11.6 Å². The van der Waals surface area contributed by atoms with Crippen LogP contribution in [0.1, 0.15) is 51.2 Å². The molecule has 0 atom stereocenters. The van der Waals surface area contributed by atoms with E-state index in [1.165, 1.54) is 25.9 Å². The van der Waals surface area contributed by atoms with Crippen molar-refractivity contribution in [3.8, 4) is 0 Å². The van der Waals surface area contributed by atoms with Gasteiger partial charge in [0.25, 0.3) is 0 Å². The van der Waals surface area contributed by atoms with Gasteiger partial charge in [-0.2, -0.15) is 0 Å². The van der Waals surface area contributed by atoms with Crippen molar-refractivity contribution in [3.05, 3.63) is 35.4 Å². The molecule has 2 rings (SSSR count). The summed E-state index contributed by atoms with van der Waals surface area (Å²) in [6, 6.07) is 8.06. The fourth-order valence-electron chi connectivity index (χ4n) is 2.88. The zero-order valence-corrected chi connectivity index (χ0v) is 15.9. The number of ether oxygens (including phenoxy) is 1. The Hall–Kier alpha value is -1.59. The average molecular weight is 348 g/mol. The summed E-state index contributed by atoms with van der Waals surface area (Å²) in [4.78, 5) is 14.4. The molecule has 0 aromatic heterocycles. The third kappa shape index (κ3) is 8.36. The molecule has 0 bridgehead atoms. The van der Waals surface area contributed by atoms with Crippen LogP contribution < -0.4 is 10.6 Å². The second kappa shape index (κ2) is 9.78. The number of nitrogens with zero attached hydrogens (tertiary/aromatic N) is 1. The van der Waals surface area contributed by atoms with Crippen LogP contribution in [-0.2, 0) is 17.9 Å². The molecule has 1 fully saturated rings. The molecule has 0 spiro atoms. The van der Waals surface area contributed by atoms with E-state index in [1.807, 2.05) is 39.0 Å². The number of hydrogen-bond donors (Lipinski definition) is 2. The fraction of sp³-hybridized carbons (Fsp3) is 0.650. The number of amides is 2. The van der Waals surface area contributed by atoms with E-state index < -0.39 is 0 Å². The van der Waals surface area contributed by atoms with Gasteiger partial charge in [0.2, 0.25) is 0 Å². The zero-order valence-electron chi connectivity index (χ0n) is 15.9. The van der Waals surface area contributed by atoms with Crippen LogP contribution >= 0.6 is 0 Å². The van der Waals surface area contributed by atoms with Gasteiger partial charge in [0.05, 0.1) is 12.2 Å². The van der Waals surface area contributed by atoms with Gasteiger partial charge in [0, 0.05) is 13.1 Å². The van der Waals surface area contributed by atoms with E-state index in [0.717, 1.165) is 30.6 Å². The number of urea groups is 1. The molecule has 5 nitrogen and oxygen atoms in total. The number of rotatable bonds is 8. The van der Waals surface area contributed by atoms with Crippen LogP contribution in [0.4, 0.5) is 4.79 Å². The van der Waals surface area contributed by atoms with Crippen LogP contribution in [0.5, 0.6) is 0 Å². The maximum absolute atomic E-state index is 11.9. The van der Waals surface area contributed by atoms with Crippen molar-refractivity contribution in [3.63, 3.8) is 0 Å². The van der Waals surface area contributed by atoms with Crippen molar-refractivity contribution >= 4 is 6.03 Å². The van der Waals surface area contributed by atoms with Crippen molar-refractivity contribution in [1.29, 1.82) is 0 Å². The molecule has 5 heteroatoms. The quantitative estimate of drug-likeness (QED) is 0.710. The minimum absolute atomic E-state index is 0.0993. The van der Waals surface area contributed by atoms with Gasteiger partial charge in [-0.05, 0) is 70.8 Å². The molecule has 1 heterocycles. The van der Waals surface area contributed by atoms with E-state index in [2.05, 4.69) is 21.6 Å². The lowest BCUT2D eigenvalue weighted by atomic mass is 10.1. The summed E-state index contributed by atoms with van der Waals surface area (Å²) in [7, 11) is 0. The molecular formula is C20H33N3O2. The average Bonchev–Trinajstić information content (AvgIpc) is 3.08. The normalized spacial score (nSPS) is 15.3. The van der Waals surface area contributed by atoms with Gasteiger partial charge in [-0.3, -0.25) is 0 Å². The van der Waals surface area contributed by atoms with E-state index in [9.17, 15) is 4.79 Å². The van der Waals surface area contributed by atoms with E-state index >= 15 is 0 Å². The molecule has 2 amide bonds. The Labute approximate surface area is 152 Å². The molecule has 1 aliphatic rings. The summed E-state index contributed by atoms with van der Waals surface area (Å²) in [5.41, 5.74) is 2.06. The van der Waals surface area contributed by atoms with Gasteiger partial charge < -0.3 is 20.3 Å². The number of carbonyl (C=O) groups is 1. The van der Waals surface area contributed by atoms with Gasteiger partial charge in [0.1, 0.15) is 0 Å². The van der Waals surface area contributed by atoms with Gasteiger partial charge in [-0.25, -0.2) is 4.79 Å². The molecule has 1 aromatic rings. The van der Waals surface area contributed by atoms with Gasteiger partial charge >= 0.3 is 6.03 Å². The third-order valence-corrected chi connectivity index (χ3v) is 4.25. The molecule has 25 heavy (non-hydrogen) atoms. The highest BCUT2D eigenvalue weighted by Gasteiger charge is 2.11. The Kier molecular flexibility index (Phi) is 7.72. The minimum Gasteiger partial charge on any atom is -0.371 e. The summed E-state index contributed by atoms with van der Waals surface area (Å²) in [5, 5.41) is 5.86. The van der Waals surface area contributed by atoms with Crippen molar-refractivity contribution in [2.24, 2.45) is 0 Å². The van der Waals surface area contributed by atoms with Gasteiger partial charge in [0.15, 0.2) is 0 Å². The highest BCUT2D eigenvalue weighted by molar-refractivity contribution is 5.73. The smallest absolute Gasteiger partial charge is 0.315 e. The van der Waals surface area contributed by atoms with Crippen molar-refractivity contribution in [2.75, 3.05) is 26.2 Å². The SMILES string of the molecule is CC(C)(C)OCc1cccc(CNC(=O)NCCCN2CCCC2)c1. The van der Waals surface area contributed by atoms with Crippen LogP contribution in [0.3, 0.4) is 0 Å².